The lowest BCUT2D eigenvalue weighted by Crippen LogP contribution is -2.32. The van der Waals surface area contributed by atoms with Gasteiger partial charge in [-0.2, -0.15) is 0 Å². The fourth-order valence-corrected chi connectivity index (χ4v) is 2.69. The molecule has 122 valence electrons. The van der Waals surface area contributed by atoms with Gasteiger partial charge < -0.3 is 4.74 Å². The molecule has 0 radical (unpaired) electrons. The van der Waals surface area contributed by atoms with Gasteiger partial charge in [0.25, 0.3) is 11.8 Å². The van der Waals surface area contributed by atoms with Crippen LogP contribution in [0.3, 0.4) is 0 Å². The van der Waals surface area contributed by atoms with Crippen molar-refractivity contribution in [2.75, 3.05) is 6.54 Å². The molecule has 24 heavy (non-hydrogen) atoms. The highest BCUT2D eigenvalue weighted by atomic mass is 16.5. The van der Waals surface area contributed by atoms with Crippen molar-refractivity contribution in [1.29, 1.82) is 0 Å². The number of hydrogen-bond donors (Lipinski definition) is 0. The number of hydrogen-bond acceptors (Lipinski definition) is 4. The molecule has 2 aromatic carbocycles. The minimum absolute atomic E-state index is 0.0205. The van der Waals surface area contributed by atoms with Gasteiger partial charge in [0, 0.05) is 6.54 Å². The molecule has 2 amide bonds. The lowest BCUT2D eigenvalue weighted by molar-refractivity contribution is -0.148. The van der Waals surface area contributed by atoms with Gasteiger partial charge >= 0.3 is 5.97 Å². The van der Waals surface area contributed by atoms with Crippen molar-refractivity contribution in [3.63, 3.8) is 0 Å². The van der Waals surface area contributed by atoms with Gasteiger partial charge in [-0.3, -0.25) is 19.3 Å². The fraction of sp³-hybridized carbons (Fsp3) is 0.211. The van der Waals surface area contributed by atoms with Crippen molar-refractivity contribution in [2.24, 2.45) is 0 Å². The van der Waals surface area contributed by atoms with Crippen LogP contribution >= 0.6 is 0 Å². The molecule has 5 nitrogen and oxygen atoms in total. The Morgan fingerprint density at radius 1 is 0.958 bits per heavy atom. The molecule has 0 N–H and O–H groups in total. The molecule has 0 aromatic heterocycles. The molecule has 1 aliphatic heterocycles. The molecule has 2 aromatic rings. The van der Waals surface area contributed by atoms with Crippen molar-refractivity contribution >= 4 is 17.8 Å². The molecule has 0 fully saturated rings. The van der Waals surface area contributed by atoms with E-state index in [4.69, 9.17) is 4.74 Å². The number of nitrogens with zero attached hydrogens (tertiary/aromatic N) is 1. The Bertz CT molecular complexity index is 750. The predicted molar refractivity (Wildman–Crippen MR) is 87.4 cm³/mol. The van der Waals surface area contributed by atoms with Crippen LogP contribution in [-0.2, 0) is 9.53 Å². The average Bonchev–Trinajstić information content (AvgIpc) is 2.85. The Balaban J connectivity index is 1.58. The first-order valence-corrected chi connectivity index (χ1v) is 7.77. The number of imide groups is 1. The Kier molecular flexibility index (Phi) is 4.42. The molecular formula is C19H17NO4. The summed E-state index contributed by atoms with van der Waals surface area (Å²) >= 11 is 0. The maximum Gasteiger partial charge on any atom is 0.308 e. The maximum absolute atomic E-state index is 12.2. The third-order valence-electron chi connectivity index (χ3n) is 3.99. The summed E-state index contributed by atoms with van der Waals surface area (Å²) in [6, 6.07) is 16.0. The highest BCUT2D eigenvalue weighted by Crippen LogP contribution is 2.23. The number of benzene rings is 2. The highest BCUT2D eigenvalue weighted by molar-refractivity contribution is 6.21. The topological polar surface area (TPSA) is 63.7 Å². The Morgan fingerprint density at radius 3 is 2.08 bits per heavy atom. The highest BCUT2D eigenvalue weighted by Gasteiger charge is 2.35. The SMILES string of the molecule is C[C@H](OC(=O)CCN1C(=O)c2ccccc2C1=O)c1ccccc1. The zero-order valence-electron chi connectivity index (χ0n) is 13.3. The third kappa shape index (κ3) is 3.06. The molecule has 0 saturated heterocycles. The third-order valence-corrected chi connectivity index (χ3v) is 3.99. The lowest BCUT2D eigenvalue weighted by atomic mass is 10.1. The minimum Gasteiger partial charge on any atom is -0.458 e. The number of amides is 2. The van der Waals surface area contributed by atoms with E-state index in [0.29, 0.717) is 11.1 Å². The van der Waals surface area contributed by atoms with Crippen LogP contribution in [0.4, 0.5) is 0 Å². The monoisotopic (exact) mass is 323 g/mol. The maximum atomic E-state index is 12.2. The van der Waals surface area contributed by atoms with E-state index in [1.54, 1.807) is 31.2 Å². The standard InChI is InChI=1S/C19H17NO4/c1-13(14-7-3-2-4-8-14)24-17(21)11-12-20-18(22)15-9-5-6-10-16(15)19(20)23/h2-10,13H,11-12H2,1H3/t13-/m0/s1. The Hall–Kier alpha value is -2.95. The van der Waals surface area contributed by atoms with E-state index in [9.17, 15) is 14.4 Å². The summed E-state index contributed by atoms with van der Waals surface area (Å²) in [7, 11) is 0. The van der Waals surface area contributed by atoms with Crippen LogP contribution in [0, 0.1) is 0 Å². The van der Waals surface area contributed by atoms with Gasteiger partial charge in [-0.25, -0.2) is 0 Å². The van der Waals surface area contributed by atoms with E-state index in [1.165, 1.54) is 0 Å². The summed E-state index contributed by atoms with van der Waals surface area (Å²) in [6.07, 6.45) is -0.399. The number of rotatable bonds is 5. The van der Waals surface area contributed by atoms with Gasteiger partial charge in [0.1, 0.15) is 6.10 Å². The first kappa shape index (κ1) is 15.9. The Morgan fingerprint density at radius 2 is 1.50 bits per heavy atom. The van der Waals surface area contributed by atoms with Crippen LogP contribution in [0.25, 0.3) is 0 Å². The van der Waals surface area contributed by atoms with Crippen molar-refractivity contribution in [3.8, 4) is 0 Å². The van der Waals surface area contributed by atoms with Crippen LogP contribution < -0.4 is 0 Å². The smallest absolute Gasteiger partial charge is 0.308 e. The van der Waals surface area contributed by atoms with Gasteiger partial charge in [-0.15, -0.1) is 0 Å². The first-order valence-electron chi connectivity index (χ1n) is 7.77. The summed E-state index contributed by atoms with van der Waals surface area (Å²) in [4.78, 5) is 37.5. The molecule has 3 rings (SSSR count). The summed E-state index contributed by atoms with van der Waals surface area (Å²) in [6.45, 7) is 1.81. The number of fused-ring (bicyclic) bond motifs is 1. The molecule has 0 spiro atoms. The molecule has 0 aliphatic carbocycles. The average molecular weight is 323 g/mol. The minimum atomic E-state index is -0.442. The normalized spacial score (nSPS) is 14.5. The quantitative estimate of drug-likeness (QED) is 0.627. The van der Waals surface area contributed by atoms with Crippen molar-refractivity contribution in [3.05, 3.63) is 71.3 Å². The van der Waals surface area contributed by atoms with Gasteiger partial charge in [0.2, 0.25) is 0 Å². The zero-order valence-corrected chi connectivity index (χ0v) is 13.3. The van der Waals surface area contributed by atoms with E-state index in [2.05, 4.69) is 0 Å². The molecule has 5 heteroatoms. The van der Waals surface area contributed by atoms with E-state index >= 15 is 0 Å². The van der Waals surface area contributed by atoms with Crippen molar-refractivity contribution in [2.45, 2.75) is 19.4 Å². The fourth-order valence-electron chi connectivity index (χ4n) is 2.69. The Labute approximate surface area is 139 Å². The molecular weight excluding hydrogens is 306 g/mol. The lowest BCUT2D eigenvalue weighted by Gasteiger charge is -2.16. The second kappa shape index (κ2) is 6.66. The summed E-state index contributed by atoms with van der Waals surface area (Å²) in [5.41, 5.74) is 1.66. The summed E-state index contributed by atoms with van der Waals surface area (Å²) in [5.74, 6) is -1.16. The van der Waals surface area contributed by atoms with Crippen LogP contribution in [0.15, 0.2) is 54.6 Å². The number of carbonyl (C=O) groups is 3. The molecule has 1 aliphatic rings. The van der Waals surface area contributed by atoms with Gasteiger partial charge in [-0.1, -0.05) is 42.5 Å². The van der Waals surface area contributed by atoms with Crippen LogP contribution in [0.1, 0.15) is 45.7 Å². The van der Waals surface area contributed by atoms with Crippen molar-refractivity contribution < 1.29 is 19.1 Å². The van der Waals surface area contributed by atoms with Gasteiger partial charge in [-0.05, 0) is 24.6 Å². The molecule has 0 bridgehead atoms. The van der Waals surface area contributed by atoms with Gasteiger partial charge in [0.05, 0.1) is 17.5 Å². The van der Waals surface area contributed by atoms with Crippen molar-refractivity contribution in [1.82, 2.24) is 4.90 Å². The van der Waals surface area contributed by atoms with Crippen LogP contribution in [0.2, 0.25) is 0 Å². The van der Waals surface area contributed by atoms with E-state index in [1.807, 2.05) is 30.3 Å². The summed E-state index contributed by atoms with van der Waals surface area (Å²) in [5, 5.41) is 0. The van der Waals surface area contributed by atoms with E-state index in [-0.39, 0.29) is 30.9 Å². The zero-order chi connectivity index (χ0) is 17.1. The first-order chi connectivity index (χ1) is 11.6. The van der Waals surface area contributed by atoms with Gasteiger partial charge in [0.15, 0.2) is 0 Å². The van der Waals surface area contributed by atoms with Crippen LogP contribution in [-0.4, -0.2) is 29.2 Å². The number of esters is 1. The molecule has 1 atom stereocenters. The number of ether oxygens (including phenoxy) is 1. The molecule has 0 saturated carbocycles. The molecule has 0 unspecified atom stereocenters. The largest absolute Gasteiger partial charge is 0.458 e. The number of carbonyl (C=O) groups excluding carboxylic acids is 3. The van der Waals surface area contributed by atoms with Crippen LogP contribution in [0.5, 0.6) is 0 Å². The second-order valence-electron chi connectivity index (χ2n) is 5.60. The van der Waals surface area contributed by atoms with E-state index in [0.717, 1.165) is 10.5 Å². The second-order valence-corrected chi connectivity index (χ2v) is 5.60. The molecule has 1 heterocycles. The van der Waals surface area contributed by atoms with E-state index < -0.39 is 5.97 Å². The predicted octanol–water partition coefficient (Wildman–Crippen LogP) is 2.98. The summed E-state index contributed by atoms with van der Waals surface area (Å²) < 4.78 is 5.36.